The van der Waals surface area contributed by atoms with Crippen LogP contribution in [0.3, 0.4) is 0 Å². The molecule has 2 fully saturated rings. The van der Waals surface area contributed by atoms with Crippen LogP contribution in [0.5, 0.6) is 0 Å². The van der Waals surface area contributed by atoms with Gasteiger partial charge in [-0.1, -0.05) is 35.4 Å². The van der Waals surface area contributed by atoms with E-state index in [1.54, 1.807) is 11.0 Å². The molecule has 3 aliphatic heterocycles. The largest absolute Gasteiger partial charge is 0.481 e. The number of carbonyl (C=O) groups excluding carboxylic acids is 1. The summed E-state index contributed by atoms with van der Waals surface area (Å²) >= 11 is 0. The first-order chi connectivity index (χ1) is 11.8. The molecule has 2 saturated heterocycles. The van der Waals surface area contributed by atoms with Gasteiger partial charge in [0.05, 0.1) is 18.1 Å². The van der Waals surface area contributed by atoms with Crippen LogP contribution in [0.2, 0.25) is 0 Å². The average molecular weight is 339 g/mol. The van der Waals surface area contributed by atoms with Crippen LogP contribution in [-0.4, -0.2) is 34.7 Å². The molecule has 0 unspecified atom stereocenters. The fourth-order valence-electron chi connectivity index (χ4n) is 4.53. The lowest BCUT2D eigenvalue weighted by molar-refractivity contribution is -0.146. The van der Waals surface area contributed by atoms with Gasteiger partial charge in [0.15, 0.2) is 0 Å². The number of aryl methyl sites for hydroxylation is 1. The van der Waals surface area contributed by atoms with Crippen molar-refractivity contribution < 1.29 is 19.4 Å². The molecule has 1 aromatic carbocycles. The Hall–Kier alpha value is -2.40. The van der Waals surface area contributed by atoms with Gasteiger partial charge in [0.25, 0.3) is 0 Å². The number of carboxylic acid groups (broad SMARTS) is 1. The summed E-state index contributed by atoms with van der Waals surface area (Å²) in [6.07, 6.45) is 3.74. The zero-order valence-electron chi connectivity index (χ0n) is 14.3. The first kappa shape index (κ1) is 16.1. The van der Waals surface area contributed by atoms with Gasteiger partial charge in [0.1, 0.15) is 11.5 Å². The van der Waals surface area contributed by atoms with Gasteiger partial charge in [0, 0.05) is 5.69 Å². The summed E-state index contributed by atoms with van der Waals surface area (Å²) in [6, 6.07) is 7.44. The Bertz CT molecular complexity index is 796. The molecule has 4 rings (SSSR count). The van der Waals surface area contributed by atoms with E-state index in [4.69, 9.17) is 4.74 Å². The topological polar surface area (TPSA) is 66.8 Å². The normalized spacial score (nSPS) is 35.3. The number of hydrogen-bond donors (Lipinski definition) is 1. The van der Waals surface area contributed by atoms with Gasteiger partial charge < -0.3 is 14.7 Å². The lowest BCUT2D eigenvalue weighted by atomic mass is 9.74. The Kier molecular flexibility index (Phi) is 3.41. The summed E-state index contributed by atoms with van der Waals surface area (Å²) in [5.41, 5.74) is 1.93. The Morgan fingerprint density at radius 2 is 2.04 bits per heavy atom. The predicted octanol–water partition coefficient (Wildman–Crippen LogP) is 2.70. The van der Waals surface area contributed by atoms with Crippen molar-refractivity contribution in [3.05, 3.63) is 54.1 Å². The molecular formula is C20H21NO4. The van der Waals surface area contributed by atoms with Gasteiger partial charge >= 0.3 is 5.97 Å². The number of nitrogens with zero attached hydrogens (tertiary/aromatic N) is 1. The van der Waals surface area contributed by atoms with Crippen LogP contribution >= 0.6 is 0 Å². The van der Waals surface area contributed by atoms with Crippen molar-refractivity contribution in [1.29, 1.82) is 0 Å². The van der Waals surface area contributed by atoms with E-state index < -0.39 is 29.5 Å². The number of benzene rings is 1. The second-order valence-corrected chi connectivity index (χ2v) is 7.36. The SMILES string of the molecule is C=C(C)C[C@@H]1N(c2ccc(C)cc2)C(=O)[C@@H]2[C@@H](C(=O)O)[C@@H]3C=C[C@]21O3. The molecule has 0 aliphatic carbocycles. The van der Waals surface area contributed by atoms with Crippen molar-refractivity contribution in [1.82, 2.24) is 0 Å². The number of carboxylic acids is 1. The number of aliphatic carboxylic acids is 1. The van der Waals surface area contributed by atoms with E-state index in [9.17, 15) is 14.7 Å². The molecule has 3 heterocycles. The molecule has 0 saturated carbocycles. The minimum absolute atomic E-state index is 0.172. The second kappa shape index (κ2) is 5.30. The quantitative estimate of drug-likeness (QED) is 0.857. The third-order valence-electron chi connectivity index (χ3n) is 5.56. The molecule has 3 aliphatic rings. The van der Waals surface area contributed by atoms with Crippen LogP contribution < -0.4 is 4.90 Å². The van der Waals surface area contributed by atoms with Crippen LogP contribution in [0.1, 0.15) is 18.9 Å². The Balaban J connectivity index is 1.84. The van der Waals surface area contributed by atoms with Crippen molar-refractivity contribution in [3.63, 3.8) is 0 Å². The molecule has 1 spiro atoms. The highest BCUT2D eigenvalue weighted by Crippen LogP contribution is 2.56. The lowest BCUT2D eigenvalue weighted by Gasteiger charge is -2.33. The molecule has 2 bridgehead atoms. The lowest BCUT2D eigenvalue weighted by Crippen LogP contribution is -2.45. The summed E-state index contributed by atoms with van der Waals surface area (Å²) < 4.78 is 6.12. The Morgan fingerprint density at radius 1 is 1.36 bits per heavy atom. The summed E-state index contributed by atoms with van der Waals surface area (Å²) in [6.45, 7) is 7.91. The van der Waals surface area contributed by atoms with Gasteiger partial charge in [-0.25, -0.2) is 0 Å². The number of ether oxygens (including phenoxy) is 1. The van der Waals surface area contributed by atoms with E-state index in [2.05, 4.69) is 6.58 Å². The van der Waals surface area contributed by atoms with Gasteiger partial charge in [-0.3, -0.25) is 9.59 Å². The fourth-order valence-corrected chi connectivity index (χ4v) is 4.53. The molecule has 130 valence electrons. The maximum absolute atomic E-state index is 13.3. The first-order valence-corrected chi connectivity index (χ1v) is 8.49. The van der Waals surface area contributed by atoms with Gasteiger partial charge in [0.2, 0.25) is 5.91 Å². The van der Waals surface area contributed by atoms with E-state index in [1.165, 1.54) is 0 Å². The highest BCUT2D eigenvalue weighted by molar-refractivity contribution is 6.03. The van der Waals surface area contributed by atoms with Gasteiger partial charge in [-0.15, -0.1) is 6.58 Å². The fraction of sp³-hybridized carbons (Fsp3) is 0.400. The predicted molar refractivity (Wildman–Crippen MR) is 93.2 cm³/mol. The average Bonchev–Trinajstić information content (AvgIpc) is 3.18. The van der Waals surface area contributed by atoms with E-state index in [0.717, 1.165) is 16.8 Å². The Morgan fingerprint density at radius 3 is 2.64 bits per heavy atom. The van der Waals surface area contributed by atoms with E-state index >= 15 is 0 Å². The monoisotopic (exact) mass is 339 g/mol. The van der Waals surface area contributed by atoms with Crippen molar-refractivity contribution in [2.75, 3.05) is 4.90 Å². The highest BCUT2D eigenvalue weighted by atomic mass is 16.5. The maximum atomic E-state index is 13.3. The van der Waals surface area contributed by atoms with Crippen molar-refractivity contribution in [3.8, 4) is 0 Å². The van der Waals surface area contributed by atoms with Gasteiger partial charge in [-0.2, -0.15) is 0 Å². The summed E-state index contributed by atoms with van der Waals surface area (Å²) in [5, 5.41) is 9.66. The number of carbonyl (C=O) groups is 2. The summed E-state index contributed by atoms with van der Waals surface area (Å²) in [4.78, 5) is 26.8. The zero-order valence-corrected chi connectivity index (χ0v) is 14.3. The zero-order chi connectivity index (χ0) is 17.9. The number of fused-ring (bicyclic) bond motifs is 1. The van der Waals surface area contributed by atoms with Crippen molar-refractivity contribution >= 4 is 17.6 Å². The van der Waals surface area contributed by atoms with Crippen LogP contribution in [0.25, 0.3) is 0 Å². The number of hydrogen-bond acceptors (Lipinski definition) is 3. The van der Waals surface area contributed by atoms with Crippen LogP contribution in [0, 0.1) is 18.8 Å². The highest BCUT2D eigenvalue weighted by Gasteiger charge is 2.71. The standard InChI is InChI=1S/C20H21NO4/c1-11(2)10-15-20-9-8-14(25-20)16(19(23)24)17(20)18(22)21(15)13-6-4-12(3)5-7-13/h4-9,14-17H,1,10H2,2-3H3,(H,23,24)/t14-,15-,16-,17-,20+/m0/s1. The third-order valence-corrected chi connectivity index (χ3v) is 5.56. The molecule has 5 atom stereocenters. The molecular weight excluding hydrogens is 318 g/mol. The molecule has 0 radical (unpaired) electrons. The van der Waals surface area contributed by atoms with E-state index in [0.29, 0.717) is 6.42 Å². The van der Waals surface area contributed by atoms with E-state index in [-0.39, 0.29) is 11.9 Å². The summed E-state index contributed by atoms with van der Waals surface area (Å²) in [5.74, 6) is -2.67. The third kappa shape index (κ3) is 2.12. The smallest absolute Gasteiger partial charge is 0.310 e. The van der Waals surface area contributed by atoms with Crippen LogP contribution in [0.4, 0.5) is 5.69 Å². The van der Waals surface area contributed by atoms with Crippen molar-refractivity contribution in [2.45, 2.75) is 38.0 Å². The second-order valence-electron chi connectivity index (χ2n) is 7.36. The maximum Gasteiger partial charge on any atom is 0.310 e. The molecule has 1 N–H and O–H groups in total. The Labute approximate surface area is 146 Å². The number of amides is 1. The molecule has 5 nitrogen and oxygen atoms in total. The molecule has 1 amide bonds. The molecule has 25 heavy (non-hydrogen) atoms. The van der Waals surface area contributed by atoms with Gasteiger partial charge in [-0.05, 0) is 32.4 Å². The van der Waals surface area contributed by atoms with Crippen LogP contribution in [0.15, 0.2) is 48.6 Å². The minimum atomic E-state index is -0.977. The molecule has 5 heteroatoms. The number of anilines is 1. The number of rotatable bonds is 4. The molecule has 1 aromatic rings. The minimum Gasteiger partial charge on any atom is -0.481 e. The molecule has 0 aromatic heterocycles. The van der Waals surface area contributed by atoms with Crippen LogP contribution in [-0.2, 0) is 14.3 Å². The summed E-state index contributed by atoms with van der Waals surface area (Å²) in [7, 11) is 0. The van der Waals surface area contributed by atoms with Crippen molar-refractivity contribution in [2.24, 2.45) is 11.8 Å². The first-order valence-electron chi connectivity index (χ1n) is 8.49. The van der Waals surface area contributed by atoms with E-state index in [1.807, 2.05) is 44.2 Å².